The van der Waals surface area contributed by atoms with Crippen LogP contribution < -0.4 is 0 Å². The van der Waals surface area contributed by atoms with Gasteiger partial charge in [-0.25, -0.2) is 53.1 Å². The molecule has 8 saturated heterocycles. The summed E-state index contributed by atoms with van der Waals surface area (Å²) in [6.07, 6.45) is 56.7. The second kappa shape index (κ2) is 53.1. The second-order valence-corrected chi connectivity index (χ2v) is 47.1. The topological polar surface area (TPSA) is 288 Å². The number of hydrogen-bond acceptors (Lipinski definition) is 19. The minimum Gasteiger partial charge on any atom is -0.443 e. The lowest BCUT2D eigenvalue weighted by atomic mass is 9.46. The van der Waals surface area contributed by atoms with E-state index >= 15 is 0 Å². The molecular weight excluding hydrogens is 1750 g/mol. The summed E-state index contributed by atoms with van der Waals surface area (Å²) >= 11 is 0. The molecular formula is C111H192N8O19. The van der Waals surface area contributed by atoms with E-state index in [4.69, 9.17) is 37.9 Å². The third kappa shape index (κ3) is 33.1. The summed E-state index contributed by atoms with van der Waals surface area (Å²) in [7, 11) is 0. The molecule has 11 saturated carbocycles. The van der Waals surface area contributed by atoms with Crippen LogP contribution in [0.1, 0.15) is 459 Å². The predicted octanol–water partition coefficient (Wildman–Crippen LogP) is 26.7. The van der Waals surface area contributed by atoms with Gasteiger partial charge in [0.15, 0.2) is 0 Å². The van der Waals surface area contributed by atoms with Gasteiger partial charge in [0, 0.05) is 110 Å². The normalized spacial score (nSPS) is 27.1. The molecule has 0 aromatic heterocycles. The van der Waals surface area contributed by atoms with Crippen molar-refractivity contribution in [1.82, 2.24) is 39.2 Å². The highest BCUT2D eigenvalue weighted by Crippen LogP contribution is 2.65. The number of imide groups is 3. The van der Waals surface area contributed by atoms with E-state index in [0.29, 0.717) is 44.8 Å². The third-order valence-electron chi connectivity index (χ3n) is 35.0. The standard InChI is InChI=1S/C18H27NO3.C16H25NO2.C15H27NO2.C13H21NO3.C13H23NO2.C13H25NO2.C11H19NO3.C11H21NO2.CH4/c1-17(2,22-16(21)19-5-3-4-15(19)20)18-9-12-6-13(10-18)8-14(7-12)11-18;18-15(17-4-2-1-3-5-17)19-16-9-12-6-13(10-16)8-14(7-12)11-16;1-15(2,13-9-5-3-6-10-13)18-14(17)16-11-7-4-8-12-16;1-2-13(8-4-3-5-9-13)17-12(16)14-10-6-7-11(14)15;1-13(8-4-2-5-9-13)16-12(15)14-10-6-3-7-11-14;1-4-13(5-2,6-3)16-12(15)14-10-8-7-9-11-14;1-8(2)11(3,4)15-10(14)12-7-5-6-9(12)13;1-4-11(2,3)14-10(13)12-8-6-5-7-9-12;/h12-14H,3-11H2,1-2H3;12-14H,1-11H2;13H,3-12H2,1-2H3;2-10H2,1H3;2-11H2,1H3;4-11H2,1-3H3;8H,5-7H2,1-4H3;4-9H2,1-3H3;1H4. The maximum atomic E-state index is 12.4. The van der Waals surface area contributed by atoms with Crippen LogP contribution in [-0.4, -0.2) is 236 Å². The summed E-state index contributed by atoms with van der Waals surface area (Å²) in [5.41, 5.74) is -2.28. The molecule has 0 unspecified atom stereocenters. The van der Waals surface area contributed by atoms with Gasteiger partial charge >= 0.3 is 48.7 Å². The van der Waals surface area contributed by atoms with Crippen LogP contribution in [0.5, 0.6) is 0 Å². The first-order valence-electron chi connectivity index (χ1n) is 55.6. The van der Waals surface area contributed by atoms with E-state index in [2.05, 4.69) is 62.3 Å². The molecule has 8 bridgehead atoms. The van der Waals surface area contributed by atoms with Crippen LogP contribution in [0.3, 0.4) is 0 Å². The molecule has 27 nitrogen and oxygen atoms in total. The summed E-state index contributed by atoms with van der Waals surface area (Å²) in [6.45, 7) is 42.7. The first-order chi connectivity index (χ1) is 65.1. The molecule has 8 aliphatic heterocycles. The molecule has 138 heavy (non-hydrogen) atoms. The van der Waals surface area contributed by atoms with E-state index in [1.807, 2.05) is 73.0 Å². The Hall–Kier alpha value is -6.83. The Kier molecular flexibility index (Phi) is 44.2. The molecule has 19 rings (SSSR count). The van der Waals surface area contributed by atoms with Gasteiger partial charge in [0.25, 0.3) is 0 Å². The van der Waals surface area contributed by atoms with Gasteiger partial charge in [0.2, 0.25) is 17.7 Å². The van der Waals surface area contributed by atoms with E-state index < -0.39 is 29.5 Å². The number of carbonyl (C=O) groups is 11. The van der Waals surface area contributed by atoms with E-state index in [9.17, 15) is 52.7 Å². The highest BCUT2D eigenvalue weighted by molar-refractivity contribution is 5.95. The lowest BCUT2D eigenvalue weighted by Crippen LogP contribution is -2.58. The summed E-state index contributed by atoms with van der Waals surface area (Å²) in [5.74, 6) is 5.51. The number of piperidine rings is 5. The molecule has 0 radical (unpaired) electrons. The number of likely N-dealkylation sites (tertiary alicyclic amines) is 8. The van der Waals surface area contributed by atoms with E-state index in [-0.39, 0.29) is 101 Å². The molecule has 19 aliphatic rings. The first kappa shape index (κ1) is 115. The zero-order valence-electron chi connectivity index (χ0n) is 88.6. The molecule has 8 heterocycles. The van der Waals surface area contributed by atoms with Crippen LogP contribution >= 0.6 is 0 Å². The van der Waals surface area contributed by atoms with Gasteiger partial charge in [0.05, 0.1) is 0 Å². The lowest BCUT2D eigenvalue weighted by Gasteiger charge is -2.61. The van der Waals surface area contributed by atoms with Crippen LogP contribution in [0, 0.1) is 52.8 Å². The van der Waals surface area contributed by atoms with E-state index in [1.54, 1.807) is 0 Å². The Balaban J connectivity index is 0.000000177. The first-order valence-corrected chi connectivity index (χ1v) is 55.6. The Labute approximate surface area is 833 Å². The fourth-order valence-electron chi connectivity index (χ4n) is 25.3. The highest BCUT2D eigenvalue weighted by Gasteiger charge is 2.60. The second-order valence-electron chi connectivity index (χ2n) is 47.1. The average Bonchev–Trinajstić information content (AvgIpc) is 0.778. The molecule has 0 aromatic carbocycles. The summed E-state index contributed by atoms with van der Waals surface area (Å²) in [4.78, 5) is 144. The molecule has 11 amide bonds. The van der Waals surface area contributed by atoms with Gasteiger partial charge in [0.1, 0.15) is 44.8 Å². The van der Waals surface area contributed by atoms with Crippen LogP contribution in [0.4, 0.5) is 38.4 Å². The van der Waals surface area contributed by atoms with Crippen molar-refractivity contribution in [3.63, 3.8) is 0 Å². The molecule has 11 aliphatic carbocycles. The SMILES string of the molecule is C.CC(C)(OC(=O)N1CCCC1=O)C12CC3CC(CC(C3)C1)C2.CC(C)(OC(=O)N1CCCCC1)C1CCCCC1.CC(C)C(C)(C)OC(=O)N1CCCC1=O.CC1(OC(=O)N2CCCCC2)CCCCC1.CCC(C)(C)OC(=O)N1CCCCC1.CCC(CC)(CC)OC(=O)N1CCCCC1.CCC1(OC(=O)N2CCCC2=O)CCCCC1.O=C(OC12CC3CC(CC(C3)C1)C2)N1CCCCC1. The maximum absolute atomic E-state index is 12.4. The molecule has 0 spiro atoms. The predicted molar refractivity (Wildman–Crippen MR) is 539 cm³/mol. The van der Waals surface area contributed by atoms with E-state index in [0.717, 1.165) is 274 Å². The van der Waals surface area contributed by atoms with Crippen LogP contribution in [-0.2, 0) is 52.3 Å². The van der Waals surface area contributed by atoms with Crippen molar-refractivity contribution in [1.29, 1.82) is 0 Å². The van der Waals surface area contributed by atoms with Gasteiger partial charge in [-0.05, 0) is 399 Å². The Morgan fingerprint density at radius 3 is 1.00 bits per heavy atom. The maximum Gasteiger partial charge on any atom is 0.417 e. The van der Waals surface area contributed by atoms with Crippen molar-refractivity contribution in [2.45, 2.75) is 503 Å². The van der Waals surface area contributed by atoms with Gasteiger partial charge in [-0.15, -0.1) is 0 Å². The fraction of sp³-hybridized carbons (Fsp3) is 0.901. The minimum atomic E-state index is -0.528. The Morgan fingerprint density at radius 2 is 0.652 bits per heavy atom. The molecule has 0 N–H and O–H groups in total. The van der Waals surface area contributed by atoms with Crippen molar-refractivity contribution in [3.8, 4) is 0 Å². The van der Waals surface area contributed by atoms with Crippen molar-refractivity contribution in [3.05, 3.63) is 0 Å². The zero-order chi connectivity index (χ0) is 99.4. The third-order valence-corrected chi connectivity index (χ3v) is 35.0. The van der Waals surface area contributed by atoms with Crippen molar-refractivity contribution in [2.75, 3.05) is 85.1 Å². The van der Waals surface area contributed by atoms with Crippen LogP contribution in [0.15, 0.2) is 0 Å². The van der Waals surface area contributed by atoms with Crippen LogP contribution in [0.25, 0.3) is 0 Å². The lowest BCUT2D eigenvalue weighted by molar-refractivity contribution is -0.167. The molecule has 0 atom stereocenters. The monoisotopic (exact) mass is 1940 g/mol. The van der Waals surface area contributed by atoms with Crippen LogP contribution in [0.2, 0.25) is 0 Å². The van der Waals surface area contributed by atoms with Gasteiger partial charge < -0.3 is 62.4 Å². The summed E-state index contributed by atoms with van der Waals surface area (Å²) in [5, 5.41) is 0. The summed E-state index contributed by atoms with van der Waals surface area (Å²) in [6, 6.07) is 0. The number of amides is 11. The smallest absolute Gasteiger partial charge is 0.417 e. The fourth-order valence-corrected chi connectivity index (χ4v) is 25.3. The van der Waals surface area contributed by atoms with Crippen molar-refractivity contribution >= 4 is 66.5 Å². The van der Waals surface area contributed by atoms with Gasteiger partial charge in [-0.2, -0.15) is 0 Å². The Bertz CT molecular complexity index is 3750. The molecule has 27 heteroatoms. The molecule has 19 fully saturated rings. The van der Waals surface area contributed by atoms with E-state index in [1.165, 1.54) is 162 Å². The minimum absolute atomic E-state index is 0. The number of carbonyl (C=O) groups excluding carboxylic acids is 11. The zero-order valence-corrected chi connectivity index (χ0v) is 88.6. The number of nitrogens with zero attached hydrogens (tertiary/aromatic N) is 8. The van der Waals surface area contributed by atoms with Crippen molar-refractivity contribution in [2.24, 2.45) is 52.8 Å². The average molecular weight is 1940 g/mol. The molecule has 0 aromatic rings. The number of ether oxygens (including phenoxy) is 8. The quantitative estimate of drug-likeness (QED) is 0.130. The molecule has 790 valence electrons. The van der Waals surface area contributed by atoms with Crippen molar-refractivity contribution < 1.29 is 90.6 Å². The Morgan fingerprint density at radius 1 is 0.333 bits per heavy atom. The number of hydrogen-bond donors (Lipinski definition) is 0. The summed E-state index contributed by atoms with van der Waals surface area (Å²) < 4.78 is 45.6. The number of rotatable bonds is 16. The largest absolute Gasteiger partial charge is 0.443 e. The highest BCUT2D eigenvalue weighted by atomic mass is 16.6. The van der Waals surface area contributed by atoms with Gasteiger partial charge in [-0.1, -0.05) is 88.0 Å². The van der Waals surface area contributed by atoms with Gasteiger partial charge in [-0.3, -0.25) is 14.4 Å².